The Bertz CT molecular complexity index is 904. The highest BCUT2D eigenvalue weighted by atomic mass is 79.9. The average Bonchev–Trinajstić information content (AvgIpc) is 2.69. The molecule has 3 aromatic rings. The van der Waals surface area contributed by atoms with Gasteiger partial charge in [0, 0.05) is 26.4 Å². The molecular weight excluding hydrogens is 503 g/mol. The number of anilines is 2. The van der Waals surface area contributed by atoms with Crippen molar-refractivity contribution < 1.29 is 0 Å². The first-order valence-corrected chi connectivity index (χ1v) is 13.4. The Kier molecular flexibility index (Phi) is 5.75. The van der Waals surface area contributed by atoms with Crippen molar-refractivity contribution in [2.45, 2.75) is 0 Å². The summed E-state index contributed by atoms with van der Waals surface area (Å²) in [5, 5.41) is 1.31. The maximum absolute atomic E-state index is 6.33. The maximum Gasteiger partial charge on any atom is 0.0911 e. The van der Waals surface area contributed by atoms with Crippen LogP contribution in [0.4, 0.5) is 11.4 Å². The molecule has 0 atom stereocenters. The minimum absolute atomic E-state index is 0.842. The van der Waals surface area contributed by atoms with E-state index < -0.39 is 6.04 Å². The number of nitrogens with zero attached hydrogens (tertiary/aromatic N) is 2. The Hall–Kier alpha value is -1.13. The summed E-state index contributed by atoms with van der Waals surface area (Å²) in [6.07, 6.45) is 1.84. The molecule has 0 aromatic heterocycles. The van der Waals surface area contributed by atoms with E-state index in [4.69, 9.17) is 11.8 Å². The van der Waals surface area contributed by atoms with E-state index in [1.807, 2.05) is 0 Å². The summed E-state index contributed by atoms with van der Waals surface area (Å²) >= 11 is 13.4. The minimum atomic E-state index is -1.77. The first kappa shape index (κ1) is 19.2. The van der Waals surface area contributed by atoms with Gasteiger partial charge in [-0.05, 0) is 53.8 Å². The molecule has 27 heavy (non-hydrogen) atoms. The van der Waals surface area contributed by atoms with Crippen molar-refractivity contribution in [3.05, 3.63) is 87.8 Å². The molecule has 0 aliphatic carbocycles. The van der Waals surface area contributed by atoms with Crippen molar-refractivity contribution in [2.75, 3.05) is 29.0 Å². The summed E-state index contributed by atoms with van der Waals surface area (Å²) in [6.45, 7) is 0.842. The first-order valence-electron chi connectivity index (χ1n) is 8.68. The van der Waals surface area contributed by atoms with Crippen LogP contribution in [0.1, 0.15) is 0 Å². The van der Waals surface area contributed by atoms with Gasteiger partial charge in [0.1, 0.15) is 0 Å². The zero-order valence-electron chi connectivity index (χ0n) is 14.6. The zero-order chi connectivity index (χ0) is 18.9. The fourth-order valence-electron chi connectivity index (χ4n) is 3.39. The predicted octanol–water partition coefficient (Wildman–Crippen LogP) is 6.22. The van der Waals surface area contributed by atoms with Crippen molar-refractivity contribution >= 4 is 66.4 Å². The van der Waals surface area contributed by atoms with E-state index in [2.05, 4.69) is 121 Å². The van der Waals surface area contributed by atoms with E-state index in [-0.39, 0.29) is 0 Å². The molecule has 6 heteroatoms. The van der Waals surface area contributed by atoms with Gasteiger partial charge >= 0.3 is 0 Å². The lowest BCUT2D eigenvalue weighted by Crippen LogP contribution is -2.46. The number of benzene rings is 3. The van der Waals surface area contributed by atoms with Crippen LogP contribution in [0.5, 0.6) is 0 Å². The third-order valence-corrected chi connectivity index (χ3v) is 9.97. The van der Waals surface area contributed by atoms with Crippen LogP contribution in [0.2, 0.25) is 0 Å². The second kappa shape index (κ2) is 8.08. The maximum atomic E-state index is 6.33. The van der Waals surface area contributed by atoms with Gasteiger partial charge in [-0.2, -0.15) is 0 Å². The molecule has 1 aliphatic heterocycles. The smallest absolute Gasteiger partial charge is 0.0911 e. The topological polar surface area (TPSA) is 6.48 Å². The Morgan fingerprint density at radius 3 is 1.56 bits per heavy atom. The zero-order valence-corrected chi connectivity index (χ0v) is 19.5. The summed E-state index contributed by atoms with van der Waals surface area (Å²) in [4.78, 5) is 4.84. The molecule has 1 heterocycles. The van der Waals surface area contributed by atoms with Crippen LogP contribution in [0, 0.1) is 0 Å². The van der Waals surface area contributed by atoms with Gasteiger partial charge in [-0.3, -0.25) is 0 Å². The summed E-state index contributed by atoms with van der Waals surface area (Å²) in [6, 6.07) is 26.0. The van der Waals surface area contributed by atoms with Crippen LogP contribution in [0.3, 0.4) is 0 Å². The van der Waals surface area contributed by atoms with Crippen molar-refractivity contribution in [3.63, 3.8) is 0 Å². The average molecular weight is 522 g/mol. The summed E-state index contributed by atoms with van der Waals surface area (Å²) in [5.41, 5.74) is 2.43. The van der Waals surface area contributed by atoms with Crippen molar-refractivity contribution in [2.24, 2.45) is 0 Å². The van der Waals surface area contributed by atoms with E-state index in [9.17, 15) is 0 Å². The van der Waals surface area contributed by atoms with E-state index in [0.717, 1.165) is 28.2 Å². The highest BCUT2D eigenvalue weighted by molar-refractivity contribution is 9.10. The molecule has 0 amide bonds. The number of hydrogen-bond donors (Lipinski definition) is 0. The lowest BCUT2D eigenvalue weighted by molar-refractivity contribution is 0.799. The Balaban J connectivity index is 1.73. The molecule has 0 unspecified atom stereocenters. The van der Waals surface area contributed by atoms with Gasteiger partial charge in [-0.15, -0.1) is 0 Å². The molecule has 2 nitrogen and oxygen atoms in total. The lowest BCUT2D eigenvalue weighted by Gasteiger charge is -2.44. The summed E-state index contributed by atoms with van der Waals surface area (Å²) < 4.78 is 2.19. The Labute approximate surface area is 182 Å². The van der Waals surface area contributed by atoms with Crippen LogP contribution >= 0.6 is 37.9 Å². The third-order valence-electron chi connectivity index (χ3n) is 4.75. The normalized spacial score (nSPS) is 16.4. The molecule has 1 saturated heterocycles. The minimum Gasteiger partial charge on any atom is -0.348 e. The van der Waals surface area contributed by atoms with Gasteiger partial charge in [0.25, 0.3) is 0 Å². The second-order valence-corrected chi connectivity index (χ2v) is 13.5. The second-order valence-electron chi connectivity index (χ2n) is 6.68. The molecule has 0 N–H and O–H groups in total. The van der Waals surface area contributed by atoms with E-state index in [0.29, 0.717) is 0 Å². The Morgan fingerprint density at radius 1 is 0.667 bits per heavy atom. The van der Waals surface area contributed by atoms with E-state index in [1.165, 1.54) is 16.7 Å². The van der Waals surface area contributed by atoms with Gasteiger partial charge in [-0.25, -0.2) is 0 Å². The molecule has 1 fully saturated rings. The molecule has 138 valence electrons. The van der Waals surface area contributed by atoms with Crippen LogP contribution in [-0.2, 0) is 11.8 Å². The standard InChI is InChI=1S/C21H19Br2N2PS/c22-17-6-10-19(11-7-17)24-14-25(20-12-8-18(23)9-13-20)16-26(27,15-24)21-4-2-1-3-5-21/h1-13H,14-16H2. The van der Waals surface area contributed by atoms with Crippen LogP contribution < -0.4 is 15.1 Å². The molecule has 4 rings (SSSR count). The fourth-order valence-corrected chi connectivity index (χ4v) is 7.86. The first-order chi connectivity index (χ1) is 13.0. The molecule has 0 radical (unpaired) electrons. The van der Waals surface area contributed by atoms with Gasteiger partial charge in [-0.1, -0.05) is 74.0 Å². The number of hydrogen-bond acceptors (Lipinski definition) is 3. The van der Waals surface area contributed by atoms with E-state index >= 15 is 0 Å². The van der Waals surface area contributed by atoms with Crippen LogP contribution in [-0.4, -0.2) is 19.2 Å². The largest absolute Gasteiger partial charge is 0.348 e. The van der Waals surface area contributed by atoms with Crippen LogP contribution in [0.25, 0.3) is 0 Å². The summed E-state index contributed by atoms with van der Waals surface area (Å²) in [5.74, 6) is 0. The molecular formula is C21H19Br2N2PS. The predicted molar refractivity (Wildman–Crippen MR) is 128 cm³/mol. The highest BCUT2D eigenvalue weighted by Crippen LogP contribution is 2.50. The molecule has 0 bridgehead atoms. The van der Waals surface area contributed by atoms with Crippen molar-refractivity contribution in [1.82, 2.24) is 0 Å². The highest BCUT2D eigenvalue weighted by Gasteiger charge is 2.32. The number of halogens is 2. The summed E-state index contributed by atoms with van der Waals surface area (Å²) in [7, 11) is 0. The quantitative estimate of drug-likeness (QED) is 0.378. The van der Waals surface area contributed by atoms with Crippen molar-refractivity contribution in [1.29, 1.82) is 0 Å². The Morgan fingerprint density at radius 2 is 1.11 bits per heavy atom. The van der Waals surface area contributed by atoms with E-state index in [1.54, 1.807) is 0 Å². The fraction of sp³-hybridized carbons (Fsp3) is 0.143. The third kappa shape index (κ3) is 4.32. The monoisotopic (exact) mass is 520 g/mol. The van der Waals surface area contributed by atoms with Gasteiger partial charge in [0.05, 0.1) is 19.2 Å². The molecule has 3 aromatic carbocycles. The SMILES string of the molecule is S=P1(c2ccccc2)CN(c2ccc(Br)cc2)CN(c2ccc(Br)cc2)C1. The molecule has 1 aliphatic rings. The van der Waals surface area contributed by atoms with Gasteiger partial charge < -0.3 is 9.80 Å². The van der Waals surface area contributed by atoms with Gasteiger partial charge in [0.15, 0.2) is 0 Å². The van der Waals surface area contributed by atoms with Crippen molar-refractivity contribution in [3.8, 4) is 0 Å². The van der Waals surface area contributed by atoms with Crippen LogP contribution in [0.15, 0.2) is 87.8 Å². The number of rotatable bonds is 3. The molecule has 0 spiro atoms. The lowest BCUT2D eigenvalue weighted by atomic mass is 10.3. The molecule has 0 saturated carbocycles. The van der Waals surface area contributed by atoms with Gasteiger partial charge in [0.2, 0.25) is 0 Å².